The van der Waals surface area contributed by atoms with Crippen LogP contribution < -0.4 is 21.5 Å². The van der Waals surface area contributed by atoms with Crippen molar-refractivity contribution in [2.24, 2.45) is 0 Å². The van der Waals surface area contributed by atoms with Crippen LogP contribution in [-0.2, 0) is 9.59 Å². The van der Waals surface area contributed by atoms with Gasteiger partial charge in [-0.15, -0.1) is 0 Å². The van der Waals surface area contributed by atoms with Crippen molar-refractivity contribution in [3.05, 3.63) is 53.1 Å². The molecule has 1 aliphatic rings. The lowest BCUT2D eigenvalue weighted by molar-refractivity contribution is -0.118. The normalized spacial score (nSPS) is 18.9. The van der Waals surface area contributed by atoms with Gasteiger partial charge in [0.15, 0.2) is 0 Å². The van der Waals surface area contributed by atoms with Crippen molar-refractivity contribution in [1.29, 1.82) is 0 Å². The number of rotatable bonds is 4. The molecule has 1 saturated heterocycles. The van der Waals surface area contributed by atoms with Gasteiger partial charge in [-0.1, -0.05) is 6.07 Å². The predicted octanol–water partition coefficient (Wildman–Crippen LogP) is 2.51. The molecular weight excluding hydrogens is 344 g/mol. The summed E-state index contributed by atoms with van der Waals surface area (Å²) in [5.41, 5.74) is 10.3. The summed E-state index contributed by atoms with van der Waals surface area (Å²) in [6.45, 7) is 5.39. The number of anilines is 2. The molecular formula is C20H24N4O3. The second-order valence-corrected chi connectivity index (χ2v) is 6.87. The molecule has 1 aliphatic heterocycles. The van der Waals surface area contributed by atoms with Gasteiger partial charge in [-0.25, -0.2) is 10.9 Å². The van der Waals surface area contributed by atoms with Crippen LogP contribution in [-0.4, -0.2) is 23.0 Å². The molecule has 2 unspecified atom stereocenters. The first-order valence-corrected chi connectivity index (χ1v) is 8.83. The zero-order valence-electron chi connectivity index (χ0n) is 15.6. The Bertz CT molecular complexity index is 864. The first-order chi connectivity index (χ1) is 12.8. The Morgan fingerprint density at radius 2 is 1.59 bits per heavy atom. The van der Waals surface area contributed by atoms with Crippen LogP contribution >= 0.6 is 0 Å². The number of hydrogen-bond acceptors (Lipinski definition) is 5. The molecule has 0 aromatic heterocycles. The van der Waals surface area contributed by atoms with Gasteiger partial charge in [0.1, 0.15) is 11.8 Å². The fraction of sp³-hybridized carbons (Fsp3) is 0.300. The zero-order valence-corrected chi connectivity index (χ0v) is 15.6. The monoisotopic (exact) mass is 368 g/mol. The summed E-state index contributed by atoms with van der Waals surface area (Å²) < 4.78 is 0. The molecule has 0 aliphatic carbocycles. The van der Waals surface area contributed by atoms with E-state index in [1.165, 1.54) is 6.92 Å². The van der Waals surface area contributed by atoms with E-state index in [9.17, 15) is 14.7 Å². The molecule has 1 fully saturated rings. The quantitative estimate of drug-likeness (QED) is 0.571. The van der Waals surface area contributed by atoms with Crippen molar-refractivity contribution in [3.8, 4) is 5.75 Å². The van der Waals surface area contributed by atoms with E-state index in [1.807, 2.05) is 19.9 Å². The van der Waals surface area contributed by atoms with E-state index in [0.717, 1.165) is 16.7 Å². The van der Waals surface area contributed by atoms with E-state index in [1.54, 1.807) is 30.3 Å². The molecule has 0 radical (unpaired) electrons. The molecule has 5 N–H and O–H groups in total. The van der Waals surface area contributed by atoms with Crippen LogP contribution in [0.3, 0.4) is 0 Å². The number of phenols is 1. The van der Waals surface area contributed by atoms with E-state index in [0.29, 0.717) is 17.8 Å². The van der Waals surface area contributed by atoms with Crippen molar-refractivity contribution in [2.75, 3.05) is 10.6 Å². The minimum Gasteiger partial charge on any atom is -0.508 e. The molecule has 7 heteroatoms. The van der Waals surface area contributed by atoms with Gasteiger partial charge in [0.2, 0.25) is 11.8 Å². The summed E-state index contributed by atoms with van der Waals surface area (Å²) in [6, 6.07) is 10.0. The summed E-state index contributed by atoms with van der Waals surface area (Å²) in [5.74, 6) is -0.0822. The Kier molecular flexibility index (Phi) is 5.43. The van der Waals surface area contributed by atoms with Gasteiger partial charge < -0.3 is 15.7 Å². The number of carbonyl (C=O) groups is 2. The lowest BCUT2D eigenvalue weighted by atomic mass is 9.97. The lowest BCUT2D eigenvalue weighted by Crippen LogP contribution is -2.39. The minimum atomic E-state index is -0.425. The van der Waals surface area contributed by atoms with Crippen LogP contribution in [0.25, 0.3) is 0 Å². The molecule has 1 heterocycles. The SMILES string of the molecule is CC(=O)Nc1ccc(NC(=O)C2CC(c3cc(C)c(C)cc3O)NN2)cc1. The largest absolute Gasteiger partial charge is 0.508 e. The first kappa shape index (κ1) is 18.9. The maximum absolute atomic E-state index is 12.5. The number of aromatic hydroxyl groups is 1. The highest BCUT2D eigenvalue weighted by Crippen LogP contribution is 2.32. The molecule has 3 rings (SSSR count). The molecule has 2 aromatic carbocycles. The maximum Gasteiger partial charge on any atom is 0.242 e. The van der Waals surface area contributed by atoms with E-state index < -0.39 is 6.04 Å². The molecule has 2 amide bonds. The number of aryl methyl sites for hydroxylation is 2. The zero-order chi connectivity index (χ0) is 19.6. The van der Waals surface area contributed by atoms with Crippen LogP contribution in [0.4, 0.5) is 11.4 Å². The Morgan fingerprint density at radius 3 is 2.22 bits per heavy atom. The number of nitrogens with one attached hydrogen (secondary N) is 4. The highest BCUT2D eigenvalue weighted by atomic mass is 16.3. The average Bonchev–Trinajstić information content (AvgIpc) is 3.09. The number of hydrogen-bond donors (Lipinski definition) is 5. The molecule has 0 saturated carbocycles. The highest BCUT2D eigenvalue weighted by molar-refractivity contribution is 5.95. The third kappa shape index (κ3) is 4.45. The van der Waals surface area contributed by atoms with Gasteiger partial charge >= 0.3 is 0 Å². The Morgan fingerprint density at radius 1 is 1.00 bits per heavy atom. The Labute approximate surface area is 158 Å². The van der Waals surface area contributed by atoms with Crippen LogP contribution in [0.5, 0.6) is 5.75 Å². The van der Waals surface area contributed by atoms with Crippen LogP contribution in [0.1, 0.15) is 36.1 Å². The molecule has 7 nitrogen and oxygen atoms in total. The van der Waals surface area contributed by atoms with Gasteiger partial charge in [0.05, 0.1) is 6.04 Å². The molecule has 142 valence electrons. The van der Waals surface area contributed by atoms with E-state index in [-0.39, 0.29) is 23.6 Å². The molecule has 0 bridgehead atoms. The van der Waals surface area contributed by atoms with Crippen LogP contribution in [0, 0.1) is 13.8 Å². The van der Waals surface area contributed by atoms with E-state index in [2.05, 4.69) is 21.5 Å². The van der Waals surface area contributed by atoms with E-state index in [4.69, 9.17) is 0 Å². The van der Waals surface area contributed by atoms with Gasteiger partial charge in [-0.2, -0.15) is 0 Å². The van der Waals surface area contributed by atoms with E-state index >= 15 is 0 Å². The minimum absolute atomic E-state index is 0.145. The van der Waals surface area contributed by atoms with Crippen molar-refractivity contribution >= 4 is 23.2 Å². The van der Waals surface area contributed by atoms with Gasteiger partial charge in [0.25, 0.3) is 0 Å². The fourth-order valence-corrected chi connectivity index (χ4v) is 3.10. The fourth-order valence-electron chi connectivity index (χ4n) is 3.10. The number of amides is 2. The number of phenolic OH excluding ortho intramolecular Hbond substituents is 1. The summed E-state index contributed by atoms with van der Waals surface area (Å²) in [5, 5.41) is 15.8. The highest BCUT2D eigenvalue weighted by Gasteiger charge is 2.31. The first-order valence-electron chi connectivity index (χ1n) is 8.83. The third-order valence-electron chi connectivity index (χ3n) is 4.71. The average molecular weight is 368 g/mol. The predicted molar refractivity (Wildman–Crippen MR) is 104 cm³/mol. The maximum atomic E-state index is 12.5. The van der Waals surface area contributed by atoms with Crippen molar-refractivity contribution in [1.82, 2.24) is 10.9 Å². The van der Waals surface area contributed by atoms with Gasteiger partial charge in [0, 0.05) is 23.9 Å². The van der Waals surface area contributed by atoms with Crippen molar-refractivity contribution < 1.29 is 14.7 Å². The Hall–Kier alpha value is -2.90. The van der Waals surface area contributed by atoms with Crippen molar-refractivity contribution in [3.63, 3.8) is 0 Å². The summed E-state index contributed by atoms with van der Waals surface area (Å²) in [7, 11) is 0. The number of carbonyl (C=O) groups excluding carboxylic acids is 2. The van der Waals surface area contributed by atoms with Gasteiger partial charge in [-0.05, 0) is 61.7 Å². The van der Waals surface area contributed by atoms with Crippen LogP contribution in [0.2, 0.25) is 0 Å². The Balaban J connectivity index is 1.62. The smallest absolute Gasteiger partial charge is 0.242 e. The number of hydrazine groups is 1. The summed E-state index contributed by atoms with van der Waals surface area (Å²) in [4.78, 5) is 23.6. The molecule has 0 spiro atoms. The lowest BCUT2D eigenvalue weighted by Gasteiger charge is -2.14. The number of benzene rings is 2. The topological polar surface area (TPSA) is 102 Å². The van der Waals surface area contributed by atoms with Crippen molar-refractivity contribution in [2.45, 2.75) is 39.3 Å². The summed E-state index contributed by atoms with van der Waals surface area (Å²) in [6.07, 6.45) is 0.520. The van der Waals surface area contributed by atoms with Crippen LogP contribution in [0.15, 0.2) is 36.4 Å². The molecule has 2 atom stereocenters. The molecule has 2 aromatic rings. The second kappa shape index (κ2) is 7.77. The summed E-state index contributed by atoms with van der Waals surface area (Å²) >= 11 is 0. The second-order valence-electron chi connectivity index (χ2n) is 6.87. The molecule has 27 heavy (non-hydrogen) atoms. The third-order valence-corrected chi connectivity index (χ3v) is 4.71. The van der Waals surface area contributed by atoms with Gasteiger partial charge in [-0.3, -0.25) is 9.59 Å². The standard InChI is InChI=1S/C20H24N4O3/c1-11-8-16(19(26)9-12(11)2)17-10-18(24-23-17)20(27)22-15-6-4-14(5-7-15)21-13(3)25/h4-9,17-18,23-24,26H,10H2,1-3H3,(H,21,25)(H,22,27).